The lowest BCUT2D eigenvalue weighted by atomic mass is 10.1. The normalized spacial score (nSPS) is 10.9. The Morgan fingerprint density at radius 3 is 2.11 bits per heavy atom. The summed E-state index contributed by atoms with van der Waals surface area (Å²) in [6.07, 6.45) is 0. The van der Waals surface area contributed by atoms with Crippen LogP contribution in [0.1, 0.15) is 11.1 Å². The van der Waals surface area contributed by atoms with Gasteiger partial charge in [0.2, 0.25) is 0 Å². The van der Waals surface area contributed by atoms with Gasteiger partial charge in [-0.15, -0.1) is 0 Å². The lowest BCUT2D eigenvalue weighted by Crippen LogP contribution is -2.19. The molecule has 0 bridgehead atoms. The highest BCUT2D eigenvalue weighted by atomic mass is 19.1. The average molecular weight is 262 g/mol. The van der Waals surface area contributed by atoms with Crippen molar-refractivity contribution in [3.05, 3.63) is 65.2 Å². The third-order valence-corrected chi connectivity index (χ3v) is 2.92. The van der Waals surface area contributed by atoms with E-state index in [2.05, 4.69) is 0 Å². The van der Waals surface area contributed by atoms with Gasteiger partial charge in [-0.1, -0.05) is 18.2 Å². The molecular weight excluding hydrogens is 246 g/mol. The quantitative estimate of drug-likeness (QED) is 0.857. The molecule has 0 radical (unpaired) electrons. The standard InChI is InChI=1S/C15H16F2N2/c1-19(9-11-5-7-12(18)8-6-11)10-13-14(16)3-2-4-15(13)17/h2-8H,9-10,18H2,1H3. The Bertz CT molecular complexity index is 532. The maximum absolute atomic E-state index is 13.5. The van der Waals surface area contributed by atoms with Crippen molar-refractivity contribution in [3.63, 3.8) is 0 Å². The predicted octanol–water partition coefficient (Wildman–Crippen LogP) is 3.18. The molecule has 4 heteroatoms. The molecule has 2 aromatic rings. The van der Waals surface area contributed by atoms with Gasteiger partial charge in [-0.05, 0) is 36.9 Å². The van der Waals surface area contributed by atoms with Crippen molar-refractivity contribution in [1.29, 1.82) is 0 Å². The van der Waals surface area contributed by atoms with Crippen LogP contribution in [0.25, 0.3) is 0 Å². The number of nitrogens with zero attached hydrogens (tertiary/aromatic N) is 1. The zero-order valence-electron chi connectivity index (χ0n) is 10.7. The second-order valence-electron chi connectivity index (χ2n) is 4.61. The van der Waals surface area contributed by atoms with Crippen LogP contribution in [0.2, 0.25) is 0 Å². The molecule has 19 heavy (non-hydrogen) atoms. The second-order valence-corrected chi connectivity index (χ2v) is 4.61. The first kappa shape index (κ1) is 13.5. The molecular formula is C15H16F2N2. The smallest absolute Gasteiger partial charge is 0.130 e. The van der Waals surface area contributed by atoms with Gasteiger partial charge in [-0.25, -0.2) is 8.78 Å². The molecule has 0 aromatic heterocycles. The Morgan fingerprint density at radius 2 is 1.53 bits per heavy atom. The molecule has 0 fully saturated rings. The van der Waals surface area contributed by atoms with Crippen molar-refractivity contribution in [3.8, 4) is 0 Å². The summed E-state index contributed by atoms with van der Waals surface area (Å²) in [5, 5.41) is 0. The molecule has 2 rings (SSSR count). The number of hydrogen-bond acceptors (Lipinski definition) is 2. The number of nitrogen functional groups attached to an aromatic ring is 1. The van der Waals surface area contributed by atoms with Crippen LogP contribution in [-0.4, -0.2) is 11.9 Å². The largest absolute Gasteiger partial charge is 0.399 e. The van der Waals surface area contributed by atoms with Crippen LogP contribution in [0.3, 0.4) is 0 Å². The Kier molecular flexibility index (Phi) is 4.12. The highest BCUT2D eigenvalue weighted by Crippen LogP contribution is 2.15. The van der Waals surface area contributed by atoms with Crippen molar-refractivity contribution in [2.45, 2.75) is 13.1 Å². The molecule has 2 N–H and O–H groups in total. The highest BCUT2D eigenvalue weighted by molar-refractivity contribution is 5.39. The van der Waals surface area contributed by atoms with Crippen LogP contribution in [0.15, 0.2) is 42.5 Å². The molecule has 0 aliphatic carbocycles. The summed E-state index contributed by atoms with van der Waals surface area (Å²) in [4.78, 5) is 1.85. The zero-order valence-corrected chi connectivity index (χ0v) is 10.7. The maximum atomic E-state index is 13.5. The predicted molar refractivity (Wildman–Crippen MR) is 72.4 cm³/mol. The zero-order chi connectivity index (χ0) is 13.8. The van der Waals surface area contributed by atoms with Gasteiger partial charge in [-0.3, -0.25) is 4.90 Å². The average Bonchev–Trinajstić information content (AvgIpc) is 2.37. The number of hydrogen-bond donors (Lipinski definition) is 1. The van der Waals surface area contributed by atoms with Crippen molar-refractivity contribution >= 4 is 5.69 Å². The lowest BCUT2D eigenvalue weighted by Gasteiger charge is -2.17. The van der Waals surface area contributed by atoms with E-state index < -0.39 is 11.6 Å². The van der Waals surface area contributed by atoms with E-state index in [0.717, 1.165) is 5.56 Å². The van der Waals surface area contributed by atoms with Gasteiger partial charge < -0.3 is 5.73 Å². The second kappa shape index (κ2) is 5.80. The summed E-state index contributed by atoms with van der Waals surface area (Å²) >= 11 is 0. The van der Waals surface area contributed by atoms with Crippen molar-refractivity contribution in [2.75, 3.05) is 12.8 Å². The molecule has 0 aliphatic heterocycles. The van der Waals surface area contributed by atoms with Crippen molar-refractivity contribution in [2.24, 2.45) is 0 Å². The van der Waals surface area contributed by atoms with E-state index in [9.17, 15) is 8.78 Å². The first-order chi connectivity index (χ1) is 9.06. The van der Waals surface area contributed by atoms with Gasteiger partial charge in [-0.2, -0.15) is 0 Å². The molecule has 0 heterocycles. The van der Waals surface area contributed by atoms with Crippen molar-refractivity contribution in [1.82, 2.24) is 4.90 Å². The van der Waals surface area contributed by atoms with Gasteiger partial charge in [0.25, 0.3) is 0 Å². The highest BCUT2D eigenvalue weighted by Gasteiger charge is 2.11. The minimum Gasteiger partial charge on any atom is -0.399 e. The Hall–Kier alpha value is -1.94. The van der Waals surface area contributed by atoms with Crippen molar-refractivity contribution < 1.29 is 8.78 Å². The third kappa shape index (κ3) is 3.51. The molecule has 0 amide bonds. The van der Waals surface area contributed by atoms with Crippen LogP contribution in [0.4, 0.5) is 14.5 Å². The van der Waals surface area contributed by atoms with Gasteiger partial charge >= 0.3 is 0 Å². The topological polar surface area (TPSA) is 29.3 Å². The molecule has 2 aromatic carbocycles. The molecule has 0 aliphatic rings. The van der Waals surface area contributed by atoms with Crippen LogP contribution < -0.4 is 5.73 Å². The fraction of sp³-hybridized carbons (Fsp3) is 0.200. The van der Waals surface area contributed by atoms with E-state index in [4.69, 9.17) is 5.73 Å². The van der Waals surface area contributed by atoms with E-state index in [-0.39, 0.29) is 12.1 Å². The molecule has 100 valence electrons. The van der Waals surface area contributed by atoms with Gasteiger partial charge in [0, 0.05) is 24.3 Å². The SMILES string of the molecule is CN(Cc1ccc(N)cc1)Cc1c(F)cccc1F. The van der Waals surface area contributed by atoms with E-state index in [1.54, 1.807) is 0 Å². The molecule has 0 unspecified atom stereocenters. The number of halogens is 2. The number of benzene rings is 2. The molecule has 0 atom stereocenters. The first-order valence-corrected chi connectivity index (χ1v) is 6.02. The fourth-order valence-electron chi connectivity index (χ4n) is 1.94. The maximum Gasteiger partial charge on any atom is 0.130 e. The first-order valence-electron chi connectivity index (χ1n) is 6.02. The summed E-state index contributed by atoms with van der Waals surface area (Å²) < 4.78 is 27.0. The minimum atomic E-state index is -0.510. The van der Waals surface area contributed by atoms with E-state index in [1.807, 2.05) is 36.2 Å². The van der Waals surface area contributed by atoms with Gasteiger partial charge in [0.15, 0.2) is 0 Å². The van der Waals surface area contributed by atoms with Crippen LogP contribution in [-0.2, 0) is 13.1 Å². The fourth-order valence-corrected chi connectivity index (χ4v) is 1.94. The third-order valence-electron chi connectivity index (χ3n) is 2.92. The Labute approximate surface area is 111 Å². The van der Waals surface area contributed by atoms with Gasteiger partial charge in [0.1, 0.15) is 11.6 Å². The Morgan fingerprint density at radius 1 is 0.947 bits per heavy atom. The van der Waals surface area contributed by atoms with E-state index >= 15 is 0 Å². The summed E-state index contributed by atoms with van der Waals surface area (Å²) in [6.45, 7) is 0.830. The number of nitrogens with two attached hydrogens (primary N) is 1. The van der Waals surface area contributed by atoms with Gasteiger partial charge in [0.05, 0.1) is 0 Å². The molecule has 2 nitrogen and oxygen atoms in total. The minimum absolute atomic E-state index is 0.0976. The number of anilines is 1. The Balaban J connectivity index is 2.05. The van der Waals surface area contributed by atoms with Crippen LogP contribution >= 0.6 is 0 Å². The molecule has 0 saturated heterocycles. The number of rotatable bonds is 4. The summed E-state index contributed by atoms with van der Waals surface area (Å²) in [5.74, 6) is -1.02. The van der Waals surface area contributed by atoms with Crippen LogP contribution in [0, 0.1) is 11.6 Å². The summed E-state index contributed by atoms with van der Waals surface area (Å²) in [7, 11) is 1.82. The lowest BCUT2D eigenvalue weighted by molar-refractivity contribution is 0.307. The molecule has 0 spiro atoms. The van der Waals surface area contributed by atoms with E-state index in [0.29, 0.717) is 12.2 Å². The van der Waals surface area contributed by atoms with E-state index in [1.165, 1.54) is 18.2 Å². The summed E-state index contributed by atoms with van der Waals surface area (Å²) in [6, 6.07) is 11.4. The monoisotopic (exact) mass is 262 g/mol. The summed E-state index contributed by atoms with van der Waals surface area (Å²) in [5.41, 5.74) is 7.46. The molecule has 0 saturated carbocycles. The van der Waals surface area contributed by atoms with Crippen LogP contribution in [0.5, 0.6) is 0 Å².